The first-order chi connectivity index (χ1) is 17.8. The molecule has 0 aliphatic carbocycles. The molecule has 0 fully saturated rings. The maximum absolute atomic E-state index is 13.0. The Hall–Kier alpha value is -4.72. The highest BCUT2D eigenvalue weighted by molar-refractivity contribution is 6.04. The summed E-state index contributed by atoms with van der Waals surface area (Å²) in [6, 6.07) is 22.7. The molecular weight excluding hydrogens is 472 g/mol. The Balaban J connectivity index is 1.68. The second kappa shape index (κ2) is 12.8. The predicted octanol–water partition coefficient (Wildman–Crippen LogP) is 3.83. The Labute approximate surface area is 215 Å². The van der Waals surface area contributed by atoms with Crippen LogP contribution in [0.5, 0.6) is 5.75 Å². The number of rotatable bonds is 9. The molecule has 8 heteroatoms. The van der Waals surface area contributed by atoms with Gasteiger partial charge in [-0.2, -0.15) is 0 Å². The van der Waals surface area contributed by atoms with E-state index in [2.05, 4.69) is 10.6 Å². The van der Waals surface area contributed by atoms with Crippen molar-refractivity contribution in [3.05, 3.63) is 113 Å². The highest BCUT2D eigenvalue weighted by Crippen LogP contribution is 2.16. The van der Waals surface area contributed by atoms with Crippen LogP contribution in [0.15, 0.2) is 96.2 Å². The van der Waals surface area contributed by atoms with Crippen LogP contribution in [0.25, 0.3) is 0 Å². The molecule has 0 spiro atoms. The summed E-state index contributed by atoms with van der Waals surface area (Å²) in [6.45, 7) is 3.37. The van der Waals surface area contributed by atoms with Gasteiger partial charge in [-0.1, -0.05) is 48.5 Å². The van der Waals surface area contributed by atoms with Gasteiger partial charge in [0.1, 0.15) is 17.5 Å². The number of methoxy groups -OCH3 is 1. The highest BCUT2D eigenvalue weighted by atomic mass is 16.5. The minimum absolute atomic E-state index is 0.0472. The molecule has 0 bridgehead atoms. The maximum atomic E-state index is 13.0. The van der Waals surface area contributed by atoms with Gasteiger partial charge in [-0.05, 0) is 61.4 Å². The van der Waals surface area contributed by atoms with Crippen molar-refractivity contribution in [3.63, 3.8) is 0 Å². The quantitative estimate of drug-likeness (QED) is 0.263. The van der Waals surface area contributed by atoms with Crippen molar-refractivity contribution >= 4 is 23.8 Å². The summed E-state index contributed by atoms with van der Waals surface area (Å²) in [6.07, 6.45) is 0.119. The van der Waals surface area contributed by atoms with Crippen LogP contribution < -0.4 is 15.4 Å². The number of allylic oxidation sites excluding steroid dienone is 1. The summed E-state index contributed by atoms with van der Waals surface area (Å²) >= 11 is 0. The van der Waals surface area contributed by atoms with Crippen LogP contribution in [0, 0.1) is 0 Å². The molecule has 3 rings (SSSR count). The van der Waals surface area contributed by atoms with E-state index in [1.54, 1.807) is 98.8 Å². The molecule has 0 heterocycles. The second-order valence-electron chi connectivity index (χ2n) is 8.35. The zero-order valence-corrected chi connectivity index (χ0v) is 20.8. The van der Waals surface area contributed by atoms with Crippen LogP contribution in [0.3, 0.4) is 0 Å². The van der Waals surface area contributed by atoms with Crippen LogP contribution >= 0.6 is 0 Å². The van der Waals surface area contributed by atoms with Crippen molar-refractivity contribution in [1.82, 2.24) is 10.6 Å². The number of ether oxygens (including phenoxy) is 2. The van der Waals surface area contributed by atoms with Gasteiger partial charge in [0.2, 0.25) is 0 Å². The monoisotopic (exact) mass is 500 g/mol. The lowest BCUT2D eigenvalue weighted by atomic mass is 10.1. The third kappa shape index (κ3) is 7.63. The van der Waals surface area contributed by atoms with Gasteiger partial charge < -0.3 is 20.1 Å². The Morgan fingerprint density at radius 2 is 1.35 bits per heavy atom. The summed E-state index contributed by atoms with van der Waals surface area (Å²) in [5.41, 5.74) is 2.13. The summed E-state index contributed by atoms with van der Waals surface area (Å²) in [4.78, 5) is 50.3. The Morgan fingerprint density at radius 1 is 0.784 bits per heavy atom. The molecule has 2 amide bonds. The molecule has 0 radical (unpaired) electrons. The molecular formula is C29H28N2O6. The summed E-state index contributed by atoms with van der Waals surface area (Å²) in [7, 11) is 1.23. The molecule has 0 saturated heterocycles. The van der Waals surface area contributed by atoms with Crippen molar-refractivity contribution < 1.29 is 28.7 Å². The smallest absolute Gasteiger partial charge is 0.343 e. The number of esters is 2. The number of benzene rings is 3. The van der Waals surface area contributed by atoms with E-state index in [1.807, 2.05) is 0 Å². The van der Waals surface area contributed by atoms with Crippen molar-refractivity contribution in [2.24, 2.45) is 0 Å². The van der Waals surface area contributed by atoms with E-state index < -0.39 is 29.8 Å². The lowest BCUT2D eigenvalue weighted by Crippen LogP contribution is -2.46. The van der Waals surface area contributed by atoms with Crippen LogP contribution in [-0.4, -0.2) is 36.9 Å². The molecule has 2 N–H and O–H groups in total. The highest BCUT2D eigenvalue weighted by Gasteiger charge is 2.25. The molecule has 37 heavy (non-hydrogen) atoms. The van der Waals surface area contributed by atoms with Crippen molar-refractivity contribution in [2.45, 2.75) is 26.3 Å². The van der Waals surface area contributed by atoms with Crippen LogP contribution in [0.1, 0.15) is 40.1 Å². The number of carbonyl (C=O) groups excluding carboxylic acids is 4. The van der Waals surface area contributed by atoms with Crippen LogP contribution in [0.2, 0.25) is 0 Å². The van der Waals surface area contributed by atoms with Gasteiger partial charge in [-0.3, -0.25) is 9.59 Å². The first kappa shape index (κ1) is 26.9. The molecule has 0 aromatic heterocycles. The molecule has 8 nitrogen and oxygen atoms in total. The van der Waals surface area contributed by atoms with E-state index in [-0.39, 0.29) is 12.1 Å². The number of carbonyl (C=O) groups is 4. The number of hydrogen-bond acceptors (Lipinski definition) is 6. The van der Waals surface area contributed by atoms with E-state index >= 15 is 0 Å². The van der Waals surface area contributed by atoms with Gasteiger partial charge in [-0.15, -0.1) is 0 Å². The third-order valence-corrected chi connectivity index (χ3v) is 5.38. The normalized spacial score (nSPS) is 11.0. The van der Waals surface area contributed by atoms with E-state index in [0.717, 1.165) is 0 Å². The van der Waals surface area contributed by atoms with Crippen molar-refractivity contribution in [3.8, 4) is 5.75 Å². The van der Waals surface area contributed by atoms with Gasteiger partial charge in [0.15, 0.2) is 0 Å². The lowest BCUT2D eigenvalue weighted by molar-refractivity contribution is -0.144. The van der Waals surface area contributed by atoms with Gasteiger partial charge in [-0.25, -0.2) is 9.59 Å². The van der Waals surface area contributed by atoms with E-state index in [4.69, 9.17) is 9.47 Å². The zero-order valence-electron chi connectivity index (χ0n) is 20.8. The fourth-order valence-corrected chi connectivity index (χ4v) is 3.42. The molecule has 0 unspecified atom stereocenters. The standard InChI is InChI=1S/C29H28N2O6/c1-19(2)25(31-26(32)21-10-6-4-7-11-21)27(33)30-24(29(35)36-3)18-20-14-16-23(17-15-20)37-28(34)22-12-8-5-9-13-22/h4-17,24H,18H2,1-3H3,(H,30,33)(H,31,32)/t24-/m0/s1. The average Bonchev–Trinajstić information content (AvgIpc) is 2.92. The minimum Gasteiger partial charge on any atom is -0.467 e. The van der Waals surface area contributed by atoms with Gasteiger partial charge >= 0.3 is 11.9 Å². The van der Waals surface area contributed by atoms with Crippen molar-refractivity contribution in [1.29, 1.82) is 0 Å². The van der Waals surface area contributed by atoms with Crippen LogP contribution in [-0.2, 0) is 20.7 Å². The van der Waals surface area contributed by atoms with E-state index in [1.165, 1.54) is 7.11 Å². The zero-order chi connectivity index (χ0) is 26.8. The maximum Gasteiger partial charge on any atom is 0.343 e. The van der Waals surface area contributed by atoms with Gasteiger partial charge in [0.05, 0.1) is 12.7 Å². The Bertz CT molecular complexity index is 1280. The number of hydrogen-bond donors (Lipinski definition) is 2. The molecule has 1 atom stereocenters. The molecule has 0 aliphatic rings. The summed E-state index contributed by atoms with van der Waals surface area (Å²) in [5, 5.41) is 5.28. The average molecular weight is 501 g/mol. The van der Waals surface area contributed by atoms with E-state index in [9.17, 15) is 19.2 Å². The number of nitrogens with one attached hydrogen (secondary N) is 2. The summed E-state index contributed by atoms with van der Waals surface area (Å²) < 4.78 is 10.3. The molecule has 3 aromatic rings. The second-order valence-corrected chi connectivity index (χ2v) is 8.35. The topological polar surface area (TPSA) is 111 Å². The lowest BCUT2D eigenvalue weighted by Gasteiger charge is -2.19. The number of amides is 2. The molecule has 0 saturated carbocycles. The van der Waals surface area contributed by atoms with Gasteiger partial charge in [0.25, 0.3) is 11.8 Å². The van der Waals surface area contributed by atoms with Crippen molar-refractivity contribution in [2.75, 3.05) is 7.11 Å². The fraction of sp³-hybridized carbons (Fsp3) is 0.172. The SMILES string of the molecule is COC(=O)[C@H](Cc1ccc(OC(=O)c2ccccc2)cc1)NC(=O)C(NC(=O)c1ccccc1)=C(C)C. The summed E-state index contributed by atoms with van der Waals surface area (Å²) in [5.74, 6) is -1.85. The van der Waals surface area contributed by atoms with Gasteiger partial charge in [0, 0.05) is 12.0 Å². The van der Waals surface area contributed by atoms with E-state index in [0.29, 0.717) is 28.0 Å². The third-order valence-electron chi connectivity index (χ3n) is 5.38. The Morgan fingerprint density at radius 3 is 1.89 bits per heavy atom. The molecule has 0 aliphatic heterocycles. The largest absolute Gasteiger partial charge is 0.467 e. The van der Waals surface area contributed by atoms with Crippen LogP contribution in [0.4, 0.5) is 0 Å². The minimum atomic E-state index is -1.02. The first-order valence-electron chi connectivity index (χ1n) is 11.6. The first-order valence-corrected chi connectivity index (χ1v) is 11.6. The molecule has 3 aromatic carbocycles. The fourth-order valence-electron chi connectivity index (χ4n) is 3.42. The predicted molar refractivity (Wildman–Crippen MR) is 138 cm³/mol. The molecule has 190 valence electrons. The Kier molecular flexibility index (Phi) is 9.32.